The molecule has 26 heteroatoms. The predicted octanol–water partition coefficient (Wildman–Crippen LogP) is -2.40. The number of benzene rings is 1. The van der Waals surface area contributed by atoms with Gasteiger partial charge in [-0.25, -0.2) is 0 Å². The highest BCUT2D eigenvalue weighted by Crippen LogP contribution is 2.20. The summed E-state index contributed by atoms with van der Waals surface area (Å²) in [7, 11) is 0. The topological polar surface area (TPSA) is 463 Å². The summed E-state index contributed by atoms with van der Waals surface area (Å²) in [5.74, 6) is -13.2. The highest BCUT2D eigenvalue weighted by molar-refractivity contribution is 5.99. The largest absolute Gasteiger partial charge is 0.391 e. The van der Waals surface area contributed by atoms with Crippen molar-refractivity contribution in [3.8, 4) is 0 Å². The van der Waals surface area contributed by atoms with Gasteiger partial charge >= 0.3 is 0 Å². The molecule has 0 aliphatic carbocycles. The number of aliphatic hydroxyl groups excluding tert-OH is 3. The molecule has 2 rings (SSSR count). The number of Topliss-reactive ketones (excluding diaryl/α,β-unsaturated/α-hetero) is 4. The molecule has 474 valence electrons. The fourth-order valence-electron chi connectivity index (χ4n) is 9.95. The zero-order valence-corrected chi connectivity index (χ0v) is 49.6. The minimum absolute atomic E-state index is 0.0551. The van der Waals surface area contributed by atoms with Crippen LogP contribution in [0.25, 0.3) is 0 Å². The summed E-state index contributed by atoms with van der Waals surface area (Å²) in [5.41, 5.74) is 30.0. The quantitative estimate of drug-likeness (QED) is 0.0345. The van der Waals surface area contributed by atoms with Crippen LogP contribution in [0, 0.1) is 23.7 Å². The molecule has 0 unspecified atom stereocenters. The van der Waals surface area contributed by atoms with E-state index in [-0.39, 0.29) is 89.9 Å². The van der Waals surface area contributed by atoms with Crippen LogP contribution in [0.5, 0.6) is 0 Å². The van der Waals surface area contributed by atoms with E-state index in [0.29, 0.717) is 12.0 Å². The maximum Gasteiger partial charge on any atom is 0.245 e. The predicted molar refractivity (Wildman–Crippen MR) is 313 cm³/mol. The van der Waals surface area contributed by atoms with Gasteiger partial charge in [-0.1, -0.05) is 69.4 Å². The number of hydrogen-bond acceptors (Lipinski definition) is 19. The van der Waals surface area contributed by atoms with Gasteiger partial charge in [0.25, 0.3) is 0 Å². The fraction of sp³-hybridized carbons (Fsp3) is 0.707. The molecule has 20 N–H and O–H groups in total. The van der Waals surface area contributed by atoms with Gasteiger partial charge in [0.15, 0.2) is 17.3 Å². The summed E-state index contributed by atoms with van der Waals surface area (Å²) < 4.78 is 0. The summed E-state index contributed by atoms with van der Waals surface area (Å²) in [6.07, 6.45) is -1.32. The first kappa shape index (κ1) is 74.0. The van der Waals surface area contributed by atoms with E-state index in [4.69, 9.17) is 28.7 Å². The first-order valence-electron chi connectivity index (χ1n) is 29.7. The zero-order chi connectivity index (χ0) is 62.9. The lowest BCUT2D eigenvalue weighted by atomic mass is 9.90. The second-order valence-corrected chi connectivity index (χ2v) is 22.1. The Morgan fingerprint density at radius 3 is 1.64 bits per heavy atom. The van der Waals surface area contributed by atoms with Crippen molar-refractivity contribution < 1.29 is 68.1 Å². The van der Waals surface area contributed by atoms with Crippen LogP contribution in [0.15, 0.2) is 30.3 Å². The van der Waals surface area contributed by atoms with Crippen LogP contribution in [-0.4, -0.2) is 174 Å². The van der Waals surface area contributed by atoms with Crippen molar-refractivity contribution in [2.45, 2.75) is 198 Å². The van der Waals surface area contributed by atoms with Gasteiger partial charge in [-0.05, 0) is 110 Å². The lowest BCUT2D eigenvalue weighted by Crippen LogP contribution is -2.57. The van der Waals surface area contributed by atoms with Gasteiger partial charge in [0.2, 0.25) is 41.4 Å². The Balaban J connectivity index is 2.65. The van der Waals surface area contributed by atoms with Crippen molar-refractivity contribution in [3.05, 3.63) is 35.9 Å². The molecule has 7 amide bonds. The molecule has 1 saturated heterocycles. The molecule has 1 aliphatic heterocycles. The van der Waals surface area contributed by atoms with E-state index in [9.17, 15) is 68.1 Å². The third-order valence-corrected chi connectivity index (χ3v) is 14.9. The number of aliphatic hydroxyl groups is 3. The maximum absolute atomic E-state index is 14.5. The van der Waals surface area contributed by atoms with Crippen molar-refractivity contribution in [1.29, 1.82) is 0 Å². The van der Waals surface area contributed by atoms with Crippen molar-refractivity contribution in [1.82, 2.24) is 37.2 Å². The minimum Gasteiger partial charge on any atom is -0.391 e. The van der Waals surface area contributed by atoms with Gasteiger partial charge in [-0.15, -0.1) is 0 Å². The van der Waals surface area contributed by atoms with Crippen molar-refractivity contribution in [2.75, 3.05) is 39.3 Å². The Kier molecular flexibility index (Phi) is 35.4. The molecule has 1 heterocycles. The van der Waals surface area contributed by atoms with Gasteiger partial charge in [0.05, 0.1) is 30.4 Å². The van der Waals surface area contributed by atoms with Crippen LogP contribution in [-0.2, 0) is 59.2 Å². The number of carbonyl (C=O) groups is 11. The highest BCUT2D eigenvalue weighted by atomic mass is 16.3. The van der Waals surface area contributed by atoms with Gasteiger partial charge in [-0.2, -0.15) is 0 Å². The lowest BCUT2D eigenvalue weighted by molar-refractivity contribution is -0.137. The average Bonchev–Trinajstić information content (AvgIpc) is 3.45. The number of rotatable bonds is 31. The Morgan fingerprint density at radius 2 is 1.11 bits per heavy atom. The summed E-state index contributed by atoms with van der Waals surface area (Å²) in [6, 6.07) is -0.713. The smallest absolute Gasteiger partial charge is 0.245 e. The molecular weight excluding hydrogens is 1090 g/mol. The van der Waals surface area contributed by atoms with Crippen LogP contribution >= 0.6 is 0 Å². The molecule has 26 nitrogen and oxygen atoms in total. The first-order valence-corrected chi connectivity index (χ1v) is 29.7. The second-order valence-electron chi connectivity index (χ2n) is 22.1. The third kappa shape index (κ3) is 26.4. The molecule has 1 fully saturated rings. The second kappa shape index (κ2) is 40.2. The molecule has 1 aromatic rings. The van der Waals surface area contributed by atoms with Crippen molar-refractivity contribution >= 4 is 64.5 Å². The summed E-state index contributed by atoms with van der Waals surface area (Å²) >= 11 is 0. The van der Waals surface area contributed by atoms with Crippen molar-refractivity contribution in [3.63, 3.8) is 0 Å². The third-order valence-electron chi connectivity index (χ3n) is 14.9. The maximum atomic E-state index is 14.5. The van der Waals surface area contributed by atoms with Gasteiger partial charge in [0.1, 0.15) is 30.0 Å². The van der Waals surface area contributed by atoms with Gasteiger partial charge < -0.3 is 81.2 Å². The Hall–Kier alpha value is -6.13. The monoisotopic (exact) mass is 1190 g/mol. The molecule has 84 heavy (non-hydrogen) atoms. The van der Waals surface area contributed by atoms with Crippen LogP contribution < -0.4 is 65.9 Å². The molecular formula is C58H98N12O14. The summed E-state index contributed by atoms with van der Waals surface area (Å²) in [6.45, 7) is 4.88. The normalized spacial score (nSPS) is 23.2. The standard InChI is InChI=1S/C58H98N12O14/c1-5-6-7-8-9-13-16-42(74)30-38(17-23-59)53(79)68-49(34(2)71)48(77)32-40(19-25-61)52(78)67-45-22-28-64-57(83)50(35(3)72)69-54(80)39(18-24-60)31-46(75)44(21-27-63)66-58(84)51(36(4)73)70-55(81)41(29-37-14-11-10-12-15-37)33-47(76)43(20-26-62)65-56(45)82/h10-12,14-15,34-36,38-41,43-45,49-51,71-73H,5-9,13,16-33,59-63H2,1-4H3,(H,64,83)(H,65,82)(H,66,84)(H,67,78)(H,68,79)(H,69,80)(H,70,81)/t34-,35-,36-,38-,39-,40-,41-,43+,44+,45+,49+,50+,51+/m1/s1. The Morgan fingerprint density at radius 1 is 0.595 bits per heavy atom. The average molecular weight is 1190 g/mol. The number of hydrogen-bond donors (Lipinski definition) is 15. The van der Waals surface area contributed by atoms with E-state index in [1.807, 2.05) is 0 Å². The molecule has 0 saturated carbocycles. The van der Waals surface area contributed by atoms with Crippen LogP contribution in [0.1, 0.15) is 142 Å². The van der Waals surface area contributed by atoms with Gasteiger partial charge in [-0.3, -0.25) is 52.7 Å². The van der Waals surface area contributed by atoms with Crippen LogP contribution in [0.3, 0.4) is 0 Å². The van der Waals surface area contributed by atoms with Gasteiger partial charge in [0, 0.05) is 62.3 Å². The molecule has 1 aliphatic rings. The van der Waals surface area contributed by atoms with Crippen LogP contribution in [0.2, 0.25) is 0 Å². The number of unbranched alkanes of at least 4 members (excludes halogenated alkanes) is 5. The minimum atomic E-state index is -1.69. The number of amides is 7. The van der Waals surface area contributed by atoms with E-state index in [1.54, 1.807) is 30.3 Å². The Bertz CT molecular complexity index is 2270. The number of carbonyl (C=O) groups excluding carboxylic acids is 11. The molecule has 1 aromatic carbocycles. The summed E-state index contributed by atoms with van der Waals surface area (Å²) in [5, 5.41) is 50.3. The number of nitrogens with one attached hydrogen (secondary N) is 7. The first-order chi connectivity index (χ1) is 40.0. The number of nitrogens with two attached hydrogens (primary N) is 5. The highest BCUT2D eigenvalue weighted by Gasteiger charge is 2.38. The molecule has 0 radical (unpaired) electrons. The molecule has 13 atom stereocenters. The van der Waals surface area contributed by atoms with E-state index >= 15 is 0 Å². The molecule has 0 bridgehead atoms. The number of ketones is 4. The summed E-state index contributed by atoms with van der Waals surface area (Å²) in [4.78, 5) is 154. The van der Waals surface area contributed by atoms with Crippen LogP contribution in [0.4, 0.5) is 0 Å². The molecule has 0 aromatic heterocycles. The zero-order valence-electron chi connectivity index (χ0n) is 49.6. The fourth-order valence-corrected chi connectivity index (χ4v) is 9.95. The SMILES string of the molecule is CCCCCCCCC(=O)C[C@@H](CCN)C(=O)N[C@H](C(=O)C[C@@H](CCN)C(=O)N[C@H]1CCNC(=O)[C@H]([C@@H](C)O)NC(=O)[C@H](CCN)CC(=O)[C@H](CCN)NC(=O)[C@H]([C@@H](C)O)NC(=O)[C@H](Cc2ccccc2)CC(=O)[C@H](CCN)NC1=O)[C@@H](C)O. The Labute approximate surface area is 493 Å². The van der Waals surface area contributed by atoms with Crippen molar-refractivity contribution in [2.24, 2.45) is 52.3 Å². The molecule has 0 spiro atoms. The van der Waals surface area contributed by atoms with E-state index in [2.05, 4.69) is 44.1 Å². The van der Waals surface area contributed by atoms with E-state index in [1.165, 1.54) is 20.8 Å². The van der Waals surface area contributed by atoms with E-state index in [0.717, 1.165) is 32.1 Å². The van der Waals surface area contributed by atoms with E-state index < -0.39 is 169 Å². The lowest BCUT2D eigenvalue weighted by Gasteiger charge is -2.28.